The van der Waals surface area contributed by atoms with Crippen LogP contribution in [0.2, 0.25) is 0 Å². The van der Waals surface area contributed by atoms with E-state index in [1.165, 1.54) is 0 Å². The average molecular weight is 400 g/mol. The molecular weight excluding hydrogens is 380 g/mol. The van der Waals surface area contributed by atoms with E-state index in [0.717, 1.165) is 35.1 Å². The van der Waals surface area contributed by atoms with E-state index in [4.69, 9.17) is 4.74 Å². The molecular formula is C22H20N6O2. The molecule has 5 heterocycles. The van der Waals surface area contributed by atoms with Gasteiger partial charge >= 0.3 is 0 Å². The van der Waals surface area contributed by atoms with Crippen molar-refractivity contribution in [1.82, 2.24) is 30.0 Å². The van der Waals surface area contributed by atoms with E-state index >= 15 is 0 Å². The Morgan fingerprint density at radius 3 is 2.80 bits per heavy atom. The topological polar surface area (TPSA) is 94.8 Å². The Kier molecular flexibility index (Phi) is 4.68. The molecule has 8 nitrogen and oxygen atoms in total. The predicted octanol–water partition coefficient (Wildman–Crippen LogP) is 2.20. The average Bonchev–Trinajstić information content (AvgIpc) is 3.17. The number of carbonyl (C=O) groups excluding carboxylic acids is 1. The Bertz CT molecular complexity index is 1230. The van der Waals surface area contributed by atoms with Crippen molar-refractivity contribution in [1.29, 1.82) is 0 Å². The van der Waals surface area contributed by atoms with Crippen molar-refractivity contribution in [2.24, 2.45) is 7.05 Å². The number of nitrogens with one attached hydrogen (secondary N) is 1. The van der Waals surface area contributed by atoms with E-state index in [-0.39, 0.29) is 18.3 Å². The zero-order chi connectivity index (χ0) is 20.5. The van der Waals surface area contributed by atoms with Gasteiger partial charge in [-0.3, -0.25) is 19.4 Å². The van der Waals surface area contributed by atoms with Crippen molar-refractivity contribution >= 4 is 16.7 Å². The van der Waals surface area contributed by atoms with Crippen molar-refractivity contribution in [2.75, 3.05) is 13.1 Å². The Balaban J connectivity index is 1.36. The number of nitrogens with zero attached hydrogens (tertiary/aromatic N) is 5. The maximum Gasteiger partial charge on any atom is 0.214 e. The fourth-order valence-electron chi connectivity index (χ4n) is 3.33. The van der Waals surface area contributed by atoms with Crippen LogP contribution >= 0.6 is 0 Å². The molecule has 0 atom stereocenters. The van der Waals surface area contributed by atoms with Gasteiger partial charge in [0.25, 0.3) is 0 Å². The van der Waals surface area contributed by atoms with Gasteiger partial charge in [0.2, 0.25) is 5.88 Å². The van der Waals surface area contributed by atoms with Crippen LogP contribution in [0.4, 0.5) is 0 Å². The number of fused-ring (bicyclic) bond motifs is 1. The zero-order valence-corrected chi connectivity index (χ0v) is 16.4. The second kappa shape index (κ2) is 7.64. The fourth-order valence-corrected chi connectivity index (χ4v) is 3.33. The van der Waals surface area contributed by atoms with Crippen LogP contribution in [0.25, 0.3) is 22.0 Å². The number of ether oxygens (including phenoxy) is 1. The first kappa shape index (κ1) is 18.4. The van der Waals surface area contributed by atoms with Gasteiger partial charge in [-0.05, 0) is 18.2 Å². The summed E-state index contributed by atoms with van der Waals surface area (Å²) in [6.45, 7) is 1.60. The number of aromatic nitrogens is 5. The molecule has 5 rings (SSSR count). The summed E-state index contributed by atoms with van der Waals surface area (Å²) in [6, 6.07) is 7.36. The number of pyridine rings is 3. The highest BCUT2D eigenvalue weighted by molar-refractivity contribution is 5.98. The lowest BCUT2D eigenvalue weighted by Crippen LogP contribution is -2.50. The number of carbonyl (C=O) groups is 1. The van der Waals surface area contributed by atoms with Gasteiger partial charge in [0.05, 0.1) is 24.3 Å². The normalized spacial score (nSPS) is 13.9. The molecule has 8 heteroatoms. The van der Waals surface area contributed by atoms with E-state index in [0.29, 0.717) is 17.1 Å². The molecule has 30 heavy (non-hydrogen) atoms. The molecule has 0 saturated carbocycles. The number of Topliss-reactive ketones (excluding diaryl/α,β-unsaturated/α-hetero) is 1. The summed E-state index contributed by atoms with van der Waals surface area (Å²) in [5.74, 6) is 0.446. The molecule has 150 valence electrons. The van der Waals surface area contributed by atoms with Crippen molar-refractivity contribution in [3.05, 3.63) is 66.5 Å². The smallest absolute Gasteiger partial charge is 0.214 e. The first-order valence-corrected chi connectivity index (χ1v) is 9.74. The Hall–Kier alpha value is -3.65. The van der Waals surface area contributed by atoms with E-state index in [9.17, 15) is 4.79 Å². The lowest BCUT2D eigenvalue weighted by atomic mass is 10.1. The Morgan fingerprint density at radius 2 is 2.03 bits per heavy atom. The van der Waals surface area contributed by atoms with Crippen molar-refractivity contribution in [3.8, 4) is 17.0 Å². The molecule has 0 amide bonds. The molecule has 0 aromatic carbocycles. The van der Waals surface area contributed by atoms with E-state index < -0.39 is 0 Å². The molecule has 1 N–H and O–H groups in total. The minimum absolute atomic E-state index is 0.0304. The van der Waals surface area contributed by atoms with Gasteiger partial charge in [-0.25, -0.2) is 4.98 Å². The fraction of sp³-hybridized carbons (Fsp3) is 0.227. The van der Waals surface area contributed by atoms with E-state index in [1.54, 1.807) is 35.4 Å². The second-order valence-corrected chi connectivity index (χ2v) is 7.38. The summed E-state index contributed by atoms with van der Waals surface area (Å²) in [7, 11) is 1.88. The minimum Gasteiger partial charge on any atom is -0.472 e. The van der Waals surface area contributed by atoms with Gasteiger partial charge in [0.1, 0.15) is 6.10 Å². The second-order valence-electron chi connectivity index (χ2n) is 7.38. The standard InChI is InChI=1S/C22H20N6O2/c1-28-13-17(9-27-28)16-4-15-5-18(25-12-20(15)26-8-16)7-21(29)14-2-3-24-22(6-14)30-19-10-23-11-19/h2-6,8-9,12-13,19,23H,7,10-11H2,1H3. The largest absolute Gasteiger partial charge is 0.472 e. The van der Waals surface area contributed by atoms with Crippen LogP contribution in [0.5, 0.6) is 5.88 Å². The van der Waals surface area contributed by atoms with Crippen LogP contribution < -0.4 is 10.1 Å². The number of aryl methyl sites for hydroxylation is 1. The van der Waals surface area contributed by atoms with Gasteiger partial charge in [-0.2, -0.15) is 5.10 Å². The lowest BCUT2D eigenvalue weighted by Gasteiger charge is -2.27. The molecule has 1 aliphatic heterocycles. The molecule has 0 aliphatic carbocycles. The Labute approximate surface area is 173 Å². The van der Waals surface area contributed by atoms with Crippen LogP contribution in [0.1, 0.15) is 16.1 Å². The quantitative estimate of drug-likeness (QED) is 0.496. The monoisotopic (exact) mass is 400 g/mol. The van der Waals surface area contributed by atoms with Gasteiger partial charge in [-0.15, -0.1) is 0 Å². The third-order valence-corrected chi connectivity index (χ3v) is 5.09. The molecule has 4 aromatic heterocycles. The third-order valence-electron chi connectivity index (χ3n) is 5.09. The molecule has 0 bridgehead atoms. The number of hydrogen-bond donors (Lipinski definition) is 1. The van der Waals surface area contributed by atoms with Crippen LogP contribution in [0.15, 0.2) is 55.2 Å². The van der Waals surface area contributed by atoms with Gasteiger partial charge < -0.3 is 10.1 Å². The lowest BCUT2D eigenvalue weighted by molar-refractivity contribution is 0.0989. The van der Waals surface area contributed by atoms with Crippen molar-refractivity contribution < 1.29 is 9.53 Å². The molecule has 1 saturated heterocycles. The Morgan fingerprint density at radius 1 is 1.13 bits per heavy atom. The highest BCUT2D eigenvalue weighted by atomic mass is 16.5. The van der Waals surface area contributed by atoms with Crippen LogP contribution in [0.3, 0.4) is 0 Å². The maximum atomic E-state index is 12.8. The van der Waals surface area contributed by atoms with Gasteiger partial charge in [-0.1, -0.05) is 0 Å². The molecule has 1 aliphatic rings. The summed E-state index contributed by atoms with van der Waals surface area (Å²) >= 11 is 0. The SMILES string of the molecule is Cn1cc(-c2cnc3cnc(CC(=O)c4ccnc(OC5CNC5)c4)cc3c2)cn1. The summed E-state index contributed by atoms with van der Waals surface area (Å²) in [5.41, 5.74) is 4.01. The third kappa shape index (κ3) is 3.77. The van der Waals surface area contributed by atoms with Crippen LogP contribution in [-0.2, 0) is 13.5 Å². The van der Waals surface area contributed by atoms with Crippen molar-refractivity contribution in [2.45, 2.75) is 12.5 Å². The van der Waals surface area contributed by atoms with E-state index in [2.05, 4.69) is 25.4 Å². The summed E-state index contributed by atoms with van der Waals surface area (Å²) in [6.07, 6.45) is 9.17. The minimum atomic E-state index is -0.0304. The zero-order valence-electron chi connectivity index (χ0n) is 16.4. The number of hydrogen-bond acceptors (Lipinski definition) is 7. The van der Waals surface area contributed by atoms with Gasteiger partial charge in [0, 0.05) is 72.6 Å². The predicted molar refractivity (Wildman–Crippen MR) is 111 cm³/mol. The van der Waals surface area contributed by atoms with Gasteiger partial charge in [0.15, 0.2) is 5.78 Å². The summed E-state index contributed by atoms with van der Waals surface area (Å²) in [5, 5.41) is 8.29. The van der Waals surface area contributed by atoms with Crippen LogP contribution in [0, 0.1) is 0 Å². The first-order chi connectivity index (χ1) is 14.6. The molecule has 0 radical (unpaired) electrons. The number of ketones is 1. The van der Waals surface area contributed by atoms with Crippen LogP contribution in [-0.4, -0.2) is 49.7 Å². The molecule has 1 fully saturated rings. The maximum absolute atomic E-state index is 12.8. The first-order valence-electron chi connectivity index (χ1n) is 9.74. The molecule has 0 spiro atoms. The number of rotatable bonds is 6. The highest BCUT2D eigenvalue weighted by Crippen LogP contribution is 2.23. The molecule has 4 aromatic rings. The van der Waals surface area contributed by atoms with E-state index in [1.807, 2.05) is 31.6 Å². The summed E-state index contributed by atoms with van der Waals surface area (Å²) < 4.78 is 7.50. The van der Waals surface area contributed by atoms with Crippen molar-refractivity contribution in [3.63, 3.8) is 0 Å². The summed E-state index contributed by atoms with van der Waals surface area (Å²) in [4.78, 5) is 25.9. The highest BCUT2D eigenvalue weighted by Gasteiger charge is 2.19. The molecule has 0 unspecified atom stereocenters.